The number of nitrogens with zero attached hydrogens (tertiary/aromatic N) is 1. The molecule has 1 fully saturated rings. The van der Waals surface area contributed by atoms with Crippen LogP contribution in [0.25, 0.3) is 0 Å². The van der Waals surface area contributed by atoms with Crippen molar-refractivity contribution in [2.24, 2.45) is 5.41 Å². The van der Waals surface area contributed by atoms with Gasteiger partial charge in [-0.2, -0.15) is 0 Å². The molecule has 1 atom stereocenters. The van der Waals surface area contributed by atoms with Gasteiger partial charge in [0.1, 0.15) is 0 Å². The molecule has 1 N–H and O–H groups in total. The van der Waals surface area contributed by atoms with Gasteiger partial charge in [0.2, 0.25) is 5.91 Å². The first-order valence-corrected chi connectivity index (χ1v) is 6.29. The topological polar surface area (TPSA) is 32.3 Å². The molecule has 3 heteroatoms. The summed E-state index contributed by atoms with van der Waals surface area (Å²) in [5.74, 6) is 0.171. The molecule has 0 saturated heterocycles. The van der Waals surface area contributed by atoms with Crippen molar-refractivity contribution >= 4 is 5.91 Å². The molecule has 3 nitrogen and oxygen atoms in total. The zero-order valence-corrected chi connectivity index (χ0v) is 11.3. The number of amides is 1. The van der Waals surface area contributed by atoms with Crippen molar-refractivity contribution in [3.05, 3.63) is 0 Å². The summed E-state index contributed by atoms with van der Waals surface area (Å²) in [5.41, 5.74) is 0.493. The Balaban J connectivity index is 2.36. The Hall–Kier alpha value is -0.570. The van der Waals surface area contributed by atoms with Crippen molar-refractivity contribution in [3.8, 4) is 0 Å². The lowest BCUT2D eigenvalue weighted by Crippen LogP contribution is -2.47. The summed E-state index contributed by atoms with van der Waals surface area (Å²) in [6, 6.07) is 0.466. The third-order valence-electron chi connectivity index (χ3n) is 3.64. The lowest BCUT2D eigenvalue weighted by Gasteiger charge is -2.36. The Morgan fingerprint density at radius 1 is 1.31 bits per heavy atom. The van der Waals surface area contributed by atoms with Crippen LogP contribution in [0.1, 0.15) is 46.5 Å². The average molecular weight is 226 g/mol. The number of carbonyl (C=O) groups excluding carboxylic acids is 1. The van der Waals surface area contributed by atoms with Crippen LogP contribution < -0.4 is 5.32 Å². The van der Waals surface area contributed by atoms with E-state index < -0.39 is 0 Å². The molecule has 1 amide bonds. The van der Waals surface area contributed by atoms with Crippen LogP contribution in [0.4, 0.5) is 0 Å². The number of nitrogens with one attached hydrogen (secondary N) is 1. The lowest BCUT2D eigenvalue weighted by atomic mass is 9.75. The predicted octanol–water partition coefficient (Wildman–Crippen LogP) is 2.02. The SMILES string of the molecule is CC(NC1CCC(C)(C)CC1)C(=O)N(C)C. The highest BCUT2D eigenvalue weighted by atomic mass is 16.2. The molecular formula is C13H26N2O. The van der Waals surface area contributed by atoms with E-state index in [2.05, 4.69) is 19.2 Å². The summed E-state index contributed by atoms with van der Waals surface area (Å²) in [4.78, 5) is 13.4. The Morgan fingerprint density at radius 2 is 1.81 bits per heavy atom. The van der Waals surface area contributed by atoms with E-state index in [1.165, 1.54) is 25.7 Å². The number of rotatable bonds is 3. The van der Waals surface area contributed by atoms with E-state index in [0.29, 0.717) is 11.5 Å². The molecule has 1 rings (SSSR count). The van der Waals surface area contributed by atoms with Crippen LogP contribution in [0.15, 0.2) is 0 Å². The third kappa shape index (κ3) is 3.78. The van der Waals surface area contributed by atoms with E-state index in [9.17, 15) is 4.79 Å². The average Bonchev–Trinajstić information content (AvgIpc) is 2.19. The summed E-state index contributed by atoms with van der Waals surface area (Å²) in [7, 11) is 3.62. The smallest absolute Gasteiger partial charge is 0.238 e. The van der Waals surface area contributed by atoms with Gasteiger partial charge in [0.05, 0.1) is 6.04 Å². The lowest BCUT2D eigenvalue weighted by molar-refractivity contribution is -0.130. The Bertz CT molecular complexity index is 238. The second-order valence-electron chi connectivity index (χ2n) is 6.06. The third-order valence-corrected chi connectivity index (χ3v) is 3.64. The van der Waals surface area contributed by atoms with Gasteiger partial charge in [-0.15, -0.1) is 0 Å². The second-order valence-corrected chi connectivity index (χ2v) is 6.06. The van der Waals surface area contributed by atoms with Gasteiger partial charge < -0.3 is 10.2 Å². The quantitative estimate of drug-likeness (QED) is 0.798. The number of hydrogen-bond acceptors (Lipinski definition) is 2. The van der Waals surface area contributed by atoms with Crippen molar-refractivity contribution in [1.82, 2.24) is 10.2 Å². The first-order chi connectivity index (χ1) is 7.32. The number of likely N-dealkylation sites (N-methyl/N-ethyl adjacent to an activating group) is 1. The van der Waals surface area contributed by atoms with Crippen LogP contribution in [0, 0.1) is 5.41 Å². The minimum absolute atomic E-state index is 0.0544. The minimum atomic E-state index is -0.0544. The first-order valence-electron chi connectivity index (χ1n) is 6.29. The van der Waals surface area contributed by atoms with E-state index in [1.54, 1.807) is 4.90 Å². The Kier molecular flexibility index (Phi) is 4.36. The highest BCUT2D eigenvalue weighted by Gasteiger charge is 2.28. The van der Waals surface area contributed by atoms with Gasteiger partial charge in [-0.1, -0.05) is 13.8 Å². The van der Waals surface area contributed by atoms with Gasteiger partial charge in [0, 0.05) is 20.1 Å². The molecule has 0 spiro atoms. The van der Waals surface area contributed by atoms with E-state index in [-0.39, 0.29) is 11.9 Å². The maximum absolute atomic E-state index is 11.7. The Morgan fingerprint density at radius 3 is 2.25 bits per heavy atom. The number of carbonyl (C=O) groups is 1. The summed E-state index contributed by atoms with van der Waals surface area (Å²) < 4.78 is 0. The van der Waals surface area contributed by atoms with Crippen LogP contribution >= 0.6 is 0 Å². The molecule has 1 aliphatic carbocycles. The van der Waals surface area contributed by atoms with Gasteiger partial charge >= 0.3 is 0 Å². The van der Waals surface area contributed by atoms with Gasteiger partial charge in [-0.3, -0.25) is 4.79 Å². The summed E-state index contributed by atoms with van der Waals surface area (Å²) >= 11 is 0. The van der Waals surface area contributed by atoms with Crippen LogP contribution in [0.3, 0.4) is 0 Å². The predicted molar refractivity (Wildman–Crippen MR) is 67.3 cm³/mol. The molecule has 16 heavy (non-hydrogen) atoms. The maximum Gasteiger partial charge on any atom is 0.238 e. The number of hydrogen-bond donors (Lipinski definition) is 1. The zero-order valence-electron chi connectivity index (χ0n) is 11.3. The summed E-state index contributed by atoms with van der Waals surface area (Å²) in [6.07, 6.45) is 4.90. The van der Waals surface area contributed by atoms with Gasteiger partial charge in [-0.05, 0) is 38.0 Å². The fraction of sp³-hybridized carbons (Fsp3) is 0.923. The fourth-order valence-corrected chi connectivity index (χ4v) is 2.38. The molecule has 0 bridgehead atoms. The molecule has 0 aliphatic heterocycles. The molecule has 1 aliphatic rings. The van der Waals surface area contributed by atoms with E-state index in [0.717, 1.165) is 0 Å². The van der Waals surface area contributed by atoms with Crippen molar-refractivity contribution < 1.29 is 4.79 Å². The fourth-order valence-electron chi connectivity index (χ4n) is 2.38. The van der Waals surface area contributed by atoms with Gasteiger partial charge in [0.25, 0.3) is 0 Å². The van der Waals surface area contributed by atoms with Crippen molar-refractivity contribution in [1.29, 1.82) is 0 Å². The van der Waals surface area contributed by atoms with E-state index >= 15 is 0 Å². The maximum atomic E-state index is 11.7. The molecular weight excluding hydrogens is 200 g/mol. The first kappa shape index (κ1) is 13.5. The van der Waals surface area contributed by atoms with Crippen LogP contribution in [0.2, 0.25) is 0 Å². The van der Waals surface area contributed by atoms with Gasteiger partial charge in [-0.25, -0.2) is 0 Å². The van der Waals surface area contributed by atoms with Crippen LogP contribution in [-0.4, -0.2) is 37.0 Å². The molecule has 1 unspecified atom stereocenters. The Labute approximate surface area is 99.6 Å². The molecule has 0 radical (unpaired) electrons. The second kappa shape index (κ2) is 5.17. The van der Waals surface area contributed by atoms with Crippen LogP contribution in [0.5, 0.6) is 0 Å². The van der Waals surface area contributed by atoms with Crippen molar-refractivity contribution in [3.63, 3.8) is 0 Å². The molecule has 0 aromatic rings. The van der Waals surface area contributed by atoms with E-state index in [1.807, 2.05) is 21.0 Å². The monoisotopic (exact) mass is 226 g/mol. The molecule has 0 aromatic carbocycles. The highest BCUT2D eigenvalue weighted by Crippen LogP contribution is 2.35. The molecule has 94 valence electrons. The van der Waals surface area contributed by atoms with Crippen molar-refractivity contribution in [2.75, 3.05) is 14.1 Å². The molecule has 0 heterocycles. The highest BCUT2D eigenvalue weighted by molar-refractivity contribution is 5.80. The normalized spacial score (nSPS) is 22.8. The zero-order chi connectivity index (χ0) is 12.3. The largest absolute Gasteiger partial charge is 0.347 e. The van der Waals surface area contributed by atoms with Gasteiger partial charge in [0.15, 0.2) is 0 Å². The minimum Gasteiger partial charge on any atom is -0.347 e. The molecule has 1 saturated carbocycles. The standard InChI is InChI=1S/C13H26N2O/c1-10(12(16)15(4)5)14-11-6-8-13(2,3)9-7-11/h10-11,14H,6-9H2,1-5H3. The van der Waals surface area contributed by atoms with E-state index in [4.69, 9.17) is 0 Å². The van der Waals surface area contributed by atoms with Crippen molar-refractivity contribution in [2.45, 2.75) is 58.5 Å². The summed E-state index contributed by atoms with van der Waals surface area (Å²) in [6.45, 7) is 6.62. The molecule has 0 aromatic heterocycles. The summed E-state index contributed by atoms with van der Waals surface area (Å²) in [5, 5.41) is 3.45. The van der Waals surface area contributed by atoms with Crippen LogP contribution in [-0.2, 0) is 4.79 Å².